The summed E-state index contributed by atoms with van der Waals surface area (Å²) in [5, 5.41) is 6.13. The molecular formula is C9H7FN2S. The van der Waals surface area contributed by atoms with Crippen molar-refractivity contribution in [1.82, 2.24) is 0 Å². The van der Waals surface area contributed by atoms with Gasteiger partial charge in [-0.3, -0.25) is 0 Å². The first-order valence-electron chi connectivity index (χ1n) is 3.72. The molecule has 66 valence electrons. The van der Waals surface area contributed by atoms with Crippen molar-refractivity contribution in [1.29, 1.82) is 0 Å². The third kappa shape index (κ3) is 1.29. The third-order valence-electron chi connectivity index (χ3n) is 1.82. The minimum Gasteiger partial charge on any atom is -0.323 e. The molecule has 2 nitrogen and oxygen atoms in total. The lowest BCUT2D eigenvalue weighted by Crippen LogP contribution is -1.87. The van der Waals surface area contributed by atoms with E-state index in [-0.39, 0.29) is 5.82 Å². The quantitative estimate of drug-likeness (QED) is 0.422. The van der Waals surface area contributed by atoms with Crippen LogP contribution in [0, 0.1) is 5.82 Å². The molecule has 1 aromatic carbocycles. The highest BCUT2D eigenvalue weighted by Gasteiger charge is 2.04. The Kier molecular flexibility index (Phi) is 1.98. The molecule has 2 aromatic rings. The number of hydrogen-bond donors (Lipinski definition) is 1. The molecule has 0 bridgehead atoms. The van der Waals surface area contributed by atoms with Crippen molar-refractivity contribution >= 4 is 27.6 Å². The van der Waals surface area contributed by atoms with E-state index in [2.05, 4.69) is 5.10 Å². The van der Waals surface area contributed by atoms with Crippen LogP contribution in [0.4, 0.5) is 4.39 Å². The first kappa shape index (κ1) is 8.19. The van der Waals surface area contributed by atoms with Gasteiger partial charge in [0.15, 0.2) is 0 Å². The van der Waals surface area contributed by atoms with Crippen molar-refractivity contribution in [2.75, 3.05) is 0 Å². The van der Waals surface area contributed by atoms with E-state index in [0.29, 0.717) is 4.70 Å². The summed E-state index contributed by atoms with van der Waals surface area (Å²) in [5.74, 6) is 4.84. The van der Waals surface area contributed by atoms with E-state index in [4.69, 9.17) is 5.84 Å². The standard InChI is InChI=1S/C9H7FN2S/c10-8-2-1-6(5-12-11)7-3-4-13-9(7)8/h1-5H,11H2. The average molecular weight is 194 g/mol. The summed E-state index contributed by atoms with van der Waals surface area (Å²) in [5.41, 5.74) is 0.847. The molecular weight excluding hydrogens is 187 g/mol. The van der Waals surface area contributed by atoms with E-state index < -0.39 is 0 Å². The van der Waals surface area contributed by atoms with Crippen LogP contribution in [-0.4, -0.2) is 6.21 Å². The first-order valence-corrected chi connectivity index (χ1v) is 4.60. The van der Waals surface area contributed by atoms with Crippen molar-refractivity contribution in [2.24, 2.45) is 10.9 Å². The van der Waals surface area contributed by atoms with Gasteiger partial charge < -0.3 is 5.84 Å². The van der Waals surface area contributed by atoms with Gasteiger partial charge in [0, 0.05) is 10.9 Å². The van der Waals surface area contributed by atoms with Crippen LogP contribution in [0.15, 0.2) is 28.7 Å². The van der Waals surface area contributed by atoms with E-state index in [1.54, 1.807) is 6.07 Å². The number of hydrogen-bond acceptors (Lipinski definition) is 3. The highest BCUT2D eigenvalue weighted by Crippen LogP contribution is 2.26. The molecule has 0 atom stereocenters. The van der Waals surface area contributed by atoms with E-state index in [9.17, 15) is 4.39 Å². The lowest BCUT2D eigenvalue weighted by Gasteiger charge is -1.96. The topological polar surface area (TPSA) is 38.4 Å². The van der Waals surface area contributed by atoms with Gasteiger partial charge in [0.05, 0.1) is 10.9 Å². The number of hydrazone groups is 1. The highest BCUT2D eigenvalue weighted by molar-refractivity contribution is 7.17. The molecule has 0 radical (unpaired) electrons. The van der Waals surface area contributed by atoms with Gasteiger partial charge in [0.2, 0.25) is 0 Å². The first-order chi connectivity index (χ1) is 6.33. The molecule has 2 N–H and O–H groups in total. The number of rotatable bonds is 1. The van der Waals surface area contributed by atoms with Crippen molar-refractivity contribution < 1.29 is 4.39 Å². The number of thiophene rings is 1. The second-order valence-electron chi connectivity index (χ2n) is 2.58. The zero-order valence-corrected chi connectivity index (χ0v) is 7.51. The SMILES string of the molecule is NN=Cc1ccc(F)c2sccc12. The maximum Gasteiger partial charge on any atom is 0.141 e. The van der Waals surface area contributed by atoms with Crippen molar-refractivity contribution in [2.45, 2.75) is 0 Å². The van der Waals surface area contributed by atoms with E-state index in [0.717, 1.165) is 10.9 Å². The van der Waals surface area contributed by atoms with Crippen LogP contribution in [-0.2, 0) is 0 Å². The van der Waals surface area contributed by atoms with E-state index in [1.165, 1.54) is 23.6 Å². The molecule has 0 unspecified atom stereocenters. The van der Waals surface area contributed by atoms with Gasteiger partial charge >= 0.3 is 0 Å². The molecule has 0 saturated heterocycles. The Morgan fingerprint density at radius 2 is 2.23 bits per heavy atom. The fraction of sp³-hybridized carbons (Fsp3) is 0. The Hall–Kier alpha value is -1.42. The van der Waals surface area contributed by atoms with Crippen LogP contribution in [0.5, 0.6) is 0 Å². The van der Waals surface area contributed by atoms with Crippen LogP contribution in [0.2, 0.25) is 0 Å². The van der Waals surface area contributed by atoms with Gasteiger partial charge in [0.1, 0.15) is 5.82 Å². The summed E-state index contributed by atoms with van der Waals surface area (Å²) in [7, 11) is 0. The third-order valence-corrected chi connectivity index (χ3v) is 2.74. The molecule has 0 aliphatic rings. The number of fused-ring (bicyclic) bond motifs is 1. The second kappa shape index (κ2) is 3.14. The lowest BCUT2D eigenvalue weighted by atomic mass is 10.1. The number of benzene rings is 1. The number of halogens is 1. The second-order valence-corrected chi connectivity index (χ2v) is 3.49. The molecule has 2 rings (SSSR count). The van der Waals surface area contributed by atoms with Crippen molar-refractivity contribution in [3.05, 3.63) is 35.0 Å². The monoisotopic (exact) mass is 194 g/mol. The molecule has 1 aromatic heterocycles. The fourth-order valence-electron chi connectivity index (χ4n) is 1.24. The summed E-state index contributed by atoms with van der Waals surface area (Å²) in [4.78, 5) is 0. The summed E-state index contributed by atoms with van der Waals surface area (Å²) in [6.45, 7) is 0. The fourth-order valence-corrected chi connectivity index (χ4v) is 2.08. The van der Waals surface area contributed by atoms with Crippen LogP contribution < -0.4 is 5.84 Å². The largest absolute Gasteiger partial charge is 0.323 e. The predicted molar refractivity (Wildman–Crippen MR) is 53.6 cm³/mol. The number of nitrogens with zero attached hydrogens (tertiary/aromatic N) is 1. The minimum absolute atomic E-state index is 0.195. The highest BCUT2D eigenvalue weighted by atomic mass is 32.1. The van der Waals surface area contributed by atoms with Gasteiger partial charge in [-0.05, 0) is 23.6 Å². The van der Waals surface area contributed by atoms with Crippen LogP contribution in [0.3, 0.4) is 0 Å². The van der Waals surface area contributed by atoms with Gasteiger partial charge in [0.25, 0.3) is 0 Å². The summed E-state index contributed by atoms with van der Waals surface area (Å²) in [6.07, 6.45) is 1.52. The Bertz CT molecular complexity index is 462. The molecule has 0 aliphatic heterocycles. The lowest BCUT2D eigenvalue weighted by molar-refractivity contribution is 0.641. The average Bonchev–Trinajstić information content (AvgIpc) is 2.59. The van der Waals surface area contributed by atoms with E-state index in [1.807, 2.05) is 11.4 Å². The molecule has 0 fully saturated rings. The smallest absolute Gasteiger partial charge is 0.141 e. The number of nitrogens with two attached hydrogens (primary N) is 1. The van der Waals surface area contributed by atoms with Gasteiger partial charge in [-0.2, -0.15) is 5.10 Å². The van der Waals surface area contributed by atoms with Crippen LogP contribution in [0.25, 0.3) is 10.1 Å². The molecule has 4 heteroatoms. The zero-order valence-electron chi connectivity index (χ0n) is 6.70. The maximum atomic E-state index is 13.2. The zero-order chi connectivity index (χ0) is 9.26. The van der Waals surface area contributed by atoms with Gasteiger partial charge in [-0.1, -0.05) is 0 Å². The summed E-state index contributed by atoms with van der Waals surface area (Å²) in [6, 6.07) is 4.96. The molecule has 0 aliphatic carbocycles. The Balaban J connectivity index is 2.78. The van der Waals surface area contributed by atoms with Crippen LogP contribution in [0.1, 0.15) is 5.56 Å². The summed E-state index contributed by atoms with van der Waals surface area (Å²) >= 11 is 1.38. The Labute approximate surface area is 78.5 Å². The minimum atomic E-state index is -0.195. The summed E-state index contributed by atoms with van der Waals surface area (Å²) < 4.78 is 13.8. The molecule has 0 amide bonds. The van der Waals surface area contributed by atoms with Gasteiger partial charge in [-0.15, -0.1) is 11.3 Å². The Morgan fingerprint density at radius 3 is 3.00 bits per heavy atom. The molecule has 0 spiro atoms. The molecule has 1 heterocycles. The van der Waals surface area contributed by atoms with Crippen molar-refractivity contribution in [3.63, 3.8) is 0 Å². The van der Waals surface area contributed by atoms with E-state index >= 15 is 0 Å². The Morgan fingerprint density at radius 1 is 1.38 bits per heavy atom. The van der Waals surface area contributed by atoms with Gasteiger partial charge in [-0.25, -0.2) is 4.39 Å². The predicted octanol–water partition coefficient (Wildman–Crippen LogP) is 2.33. The maximum absolute atomic E-state index is 13.2. The van der Waals surface area contributed by atoms with Crippen molar-refractivity contribution in [3.8, 4) is 0 Å². The molecule has 0 saturated carbocycles. The van der Waals surface area contributed by atoms with Crippen LogP contribution >= 0.6 is 11.3 Å². The normalized spacial score (nSPS) is 11.5. The molecule has 13 heavy (non-hydrogen) atoms.